The highest BCUT2D eigenvalue weighted by atomic mass is 35.5. The van der Waals surface area contributed by atoms with E-state index in [-0.39, 0.29) is 15.5 Å². The Labute approximate surface area is 103 Å². The maximum Gasteiger partial charge on any atom is 0.393 e. The average Bonchev–Trinajstić information content (AvgIpc) is 2.59. The zero-order valence-corrected chi connectivity index (χ0v) is 9.75. The predicted octanol–water partition coefficient (Wildman–Crippen LogP) is 3.93. The summed E-state index contributed by atoms with van der Waals surface area (Å²) in [5.74, 6) is 0. The first kappa shape index (κ1) is 12.1. The van der Waals surface area contributed by atoms with Crippen molar-refractivity contribution in [1.82, 2.24) is 4.98 Å². The van der Waals surface area contributed by atoms with Gasteiger partial charge >= 0.3 is 6.18 Å². The quantitative estimate of drug-likeness (QED) is 0.791. The molecule has 0 spiro atoms. The molecule has 0 aliphatic rings. The molecular weight excluding hydrogens is 273 g/mol. The molecule has 2 nitrogen and oxygen atoms in total. The third-order valence-corrected chi connectivity index (χ3v) is 3.49. The monoisotopic (exact) mass is 276 g/mol. The van der Waals surface area contributed by atoms with Crippen LogP contribution in [0, 0.1) is 11.3 Å². The molecule has 17 heavy (non-hydrogen) atoms. The van der Waals surface area contributed by atoms with Crippen molar-refractivity contribution in [3.05, 3.63) is 27.7 Å². The molecule has 2 aromatic rings. The van der Waals surface area contributed by atoms with E-state index < -0.39 is 12.6 Å². The highest BCUT2D eigenvalue weighted by molar-refractivity contribution is 7.18. The molecule has 0 fully saturated rings. The number of hydrogen-bond acceptors (Lipinski definition) is 3. The van der Waals surface area contributed by atoms with Gasteiger partial charge in [-0.3, -0.25) is 0 Å². The molecule has 0 aromatic carbocycles. The van der Waals surface area contributed by atoms with Crippen molar-refractivity contribution in [3.63, 3.8) is 0 Å². The van der Waals surface area contributed by atoms with Crippen LogP contribution in [0.5, 0.6) is 0 Å². The Hall–Kier alpha value is -1.32. The van der Waals surface area contributed by atoms with Crippen molar-refractivity contribution in [2.24, 2.45) is 0 Å². The zero-order chi connectivity index (χ0) is 12.6. The minimum Gasteiger partial charge on any atom is -0.244 e. The molecule has 0 saturated heterocycles. The van der Waals surface area contributed by atoms with E-state index in [2.05, 4.69) is 4.98 Å². The van der Waals surface area contributed by atoms with Crippen molar-refractivity contribution < 1.29 is 13.2 Å². The lowest BCUT2D eigenvalue weighted by Gasteiger charge is -2.01. The molecule has 0 saturated carbocycles. The second-order valence-electron chi connectivity index (χ2n) is 3.32. The van der Waals surface area contributed by atoms with Crippen LogP contribution in [0.25, 0.3) is 10.2 Å². The maximum absolute atomic E-state index is 12.2. The molecule has 0 unspecified atom stereocenters. The molecule has 0 amide bonds. The van der Waals surface area contributed by atoms with E-state index in [1.807, 2.05) is 6.07 Å². The van der Waals surface area contributed by atoms with Crippen molar-refractivity contribution >= 4 is 33.2 Å². The van der Waals surface area contributed by atoms with Crippen molar-refractivity contribution in [3.8, 4) is 6.07 Å². The van der Waals surface area contributed by atoms with Crippen LogP contribution < -0.4 is 0 Å². The summed E-state index contributed by atoms with van der Waals surface area (Å²) in [7, 11) is 0. The minimum atomic E-state index is -4.26. The SMILES string of the molecule is N#Cc1cnc2sc(CC(F)(F)F)cc2c1Cl. The van der Waals surface area contributed by atoms with Crippen LogP contribution in [-0.2, 0) is 6.42 Å². The Balaban J connectivity index is 2.52. The summed E-state index contributed by atoms with van der Waals surface area (Å²) in [5, 5.41) is 9.27. The average molecular weight is 277 g/mol. The van der Waals surface area contributed by atoms with Crippen LogP contribution >= 0.6 is 22.9 Å². The number of pyridine rings is 1. The number of halogens is 4. The summed E-state index contributed by atoms with van der Waals surface area (Å²) in [5.41, 5.74) is 0.163. The second kappa shape index (κ2) is 4.17. The van der Waals surface area contributed by atoms with E-state index in [1.54, 1.807) is 0 Å². The van der Waals surface area contributed by atoms with E-state index >= 15 is 0 Å². The van der Waals surface area contributed by atoms with Gasteiger partial charge in [0.1, 0.15) is 10.9 Å². The first-order valence-electron chi connectivity index (χ1n) is 4.44. The largest absolute Gasteiger partial charge is 0.393 e. The molecule has 0 radical (unpaired) electrons. The highest BCUT2D eigenvalue weighted by Gasteiger charge is 2.29. The Kier molecular flexibility index (Phi) is 2.98. The molecule has 0 bridgehead atoms. The van der Waals surface area contributed by atoms with Gasteiger partial charge in [0.15, 0.2) is 0 Å². The molecule has 0 N–H and O–H groups in total. The Morgan fingerprint density at radius 2 is 2.18 bits per heavy atom. The first-order valence-corrected chi connectivity index (χ1v) is 5.64. The summed E-state index contributed by atoms with van der Waals surface area (Å²) in [4.78, 5) is 4.45. The zero-order valence-electron chi connectivity index (χ0n) is 8.18. The van der Waals surface area contributed by atoms with E-state index in [4.69, 9.17) is 16.9 Å². The van der Waals surface area contributed by atoms with Gasteiger partial charge in [-0.2, -0.15) is 18.4 Å². The van der Waals surface area contributed by atoms with Crippen LogP contribution in [0.15, 0.2) is 12.3 Å². The highest BCUT2D eigenvalue weighted by Crippen LogP contribution is 2.34. The van der Waals surface area contributed by atoms with E-state index in [9.17, 15) is 13.2 Å². The fraction of sp³-hybridized carbons (Fsp3) is 0.200. The van der Waals surface area contributed by atoms with Gasteiger partial charge in [-0.05, 0) is 6.07 Å². The van der Waals surface area contributed by atoms with Gasteiger partial charge in [-0.1, -0.05) is 11.6 Å². The Morgan fingerprint density at radius 1 is 1.47 bits per heavy atom. The smallest absolute Gasteiger partial charge is 0.244 e. The number of nitriles is 1. The van der Waals surface area contributed by atoms with E-state index in [1.165, 1.54) is 12.3 Å². The Morgan fingerprint density at radius 3 is 2.76 bits per heavy atom. The first-order chi connectivity index (χ1) is 7.90. The molecule has 88 valence electrons. The van der Waals surface area contributed by atoms with Gasteiger partial charge in [0.25, 0.3) is 0 Å². The van der Waals surface area contributed by atoms with Crippen LogP contribution in [-0.4, -0.2) is 11.2 Å². The van der Waals surface area contributed by atoms with Crippen LogP contribution in [0.1, 0.15) is 10.4 Å². The van der Waals surface area contributed by atoms with Crippen LogP contribution in [0.3, 0.4) is 0 Å². The van der Waals surface area contributed by atoms with Gasteiger partial charge in [0, 0.05) is 16.5 Å². The topological polar surface area (TPSA) is 36.7 Å². The lowest BCUT2D eigenvalue weighted by atomic mass is 10.2. The number of nitrogens with zero attached hydrogens (tertiary/aromatic N) is 2. The van der Waals surface area contributed by atoms with E-state index in [0.29, 0.717) is 10.2 Å². The summed E-state index contributed by atoms with van der Waals surface area (Å²) in [6.07, 6.45) is -4.00. The summed E-state index contributed by atoms with van der Waals surface area (Å²) in [6.45, 7) is 0. The fourth-order valence-corrected chi connectivity index (χ4v) is 2.70. The van der Waals surface area contributed by atoms with E-state index in [0.717, 1.165) is 11.3 Å². The van der Waals surface area contributed by atoms with Crippen LogP contribution in [0.4, 0.5) is 13.2 Å². The standard InChI is InChI=1S/C10H4ClF3N2S/c11-8-5(3-15)4-16-9-7(8)1-6(17-9)2-10(12,13)14/h1,4H,2H2. The fourth-order valence-electron chi connectivity index (χ4n) is 1.37. The van der Waals surface area contributed by atoms with Gasteiger partial charge in [0.05, 0.1) is 17.0 Å². The number of thiophene rings is 1. The summed E-state index contributed by atoms with van der Waals surface area (Å²) < 4.78 is 36.7. The Bertz CT molecular complexity index is 612. The number of hydrogen-bond donors (Lipinski definition) is 0. The van der Waals surface area contributed by atoms with Gasteiger partial charge in [0.2, 0.25) is 0 Å². The number of fused-ring (bicyclic) bond motifs is 1. The van der Waals surface area contributed by atoms with Crippen molar-refractivity contribution in [2.75, 3.05) is 0 Å². The minimum absolute atomic E-state index is 0.136. The number of aromatic nitrogens is 1. The summed E-state index contributed by atoms with van der Waals surface area (Å²) >= 11 is 6.82. The molecule has 0 aliphatic heterocycles. The summed E-state index contributed by atoms with van der Waals surface area (Å²) in [6, 6.07) is 3.17. The van der Waals surface area contributed by atoms with Crippen molar-refractivity contribution in [2.45, 2.75) is 12.6 Å². The van der Waals surface area contributed by atoms with Gasteiger partial charge < -0.3 is 0 Å². The lowest BCUT2D eigenvalue weighted by molar-refractivity contribution is -0.126. The second-order valence-corrected chi connectivity index (χ2v) is 4.81. The number of alkyl halides is 3. The molecule has 2 rings (SSSR count). The molecule has 7 heteroatoms. The molecule has 0 aliphatic carbocycles. The van der Waals surface area contributed by atoms with Crippen LogP contribution in [0.2, 0.25) is 5.02 Å². The van der Waals surface area contributed by atoms with Crippen molar-refractivity contribution in [1.29, 1.82) is 5.26 Å². The third-order valence-electron chi connectivity index (χ3n) is 2.04. The maximum atomic E-state index is 12.2. The molecular formula is C10H4ClF3N2S. The number of rotatable bonds is 1. The predicted molar refractivity (Wildman–Crippen MR) is 59.1 cm³/mol. The normalized spacial score (nSPS) is 11.7. The molecule has 0 atom stereocenters. The molecule has 2 aromatic heterocycles. The van der Waals surface area contributed by atoms with Gasteiger partial charge in [-0.25, -0.2) is 4.98 Å². The third kappa shape index (κ3) is 2.51. The lowest BCUT2D eigenvalue weighted by Crippen LogP contribution is -2.09. The van der Waals surface area contributed by atoms with Gasteiger partial charge in [-0.15, -0.1) is 11.3 Å². The molecule has 2 heterocycles.